The molecule has 1 amide bonds. The quantitative estimate of drug-likeness (QED) is 0.658. The molecule has 0 aromatic rings. The van der Waals surface area contributed by atoms with E-state index in [1.165, 1.54) is 6.92 Å². The first-order valence-electron chi connectivity index (χ1n) is 3.71. The molecule has 0 spiro atoms. The van der Waals surface area contributed by atoms with Gasteiger partial charge in [0.25, 0.3) is 0 Å². The predicted molar refractivity (Wildman–Crippen MR) is 44.3 cm³/mol. The zero-order valence-electron chi connectivity index (χ0n) is 7.73. The number of hydrogen-bond donors (Lipinski definition) is 1. The summed E-state index contributed by atoms with van der Waals surface area (Å²) < 4.78 is 4.99. The van der Waals surface area contributed by atoms with Gasteiger partial charge in [-0.2, -0.15) is 0 Å². The molecule has 0 fully saturated rings. The van der Waals surface area contributed by atoms with Crippen molar-refractivity contribution in [1.29, 1.82) is 0 Å². The molecular weight excluding hydrogens is 142 g/mol. The summed E-state index contributed by atoms with van der Waals surface area (Å²) in [5.41, 5.74) is 0.0282. The normalized spacial score (nSPS) is 11.3. The number of hydrogen-bond acceptors (Lipinski definition) is 2. The van der Waals surface area contributed by atoms with Crippen LogP contribution in [0.1, 0.15) is 20.8 Å². The van der Waals surface area contributed by atoms with E-state index in [4.69, 9.17) is 4.74 Å². The van der Waals surface area contributed by atoms with Crippen molar-refractivity contribution in [3.8, 4) is 0 Å². The molecule has 66 valence electrons. The molecule has 3 nitrogen and oxygen atoms in total. The first-order chi connectivity index (χ1) is 4.98. The Hall–Kier alpha value is -0.570. The van der Waals surface area contributed by atoms with E-state index in [2.05, 4.69) is 5.32 Å². The summed E-state index contributed by atoms with van der Waals surface area (Å²) in [5.74, 6) is 0.00850. The molecule has 0 saturated heterocycles. The van der Waals surface area contributed by atoms with Crippen molar-refractivity contribution in [2.24, 2.45) is 5.41 Å². The summed E-state index contributed by atoms with van der Waals surface area (Å²) >= 11 is 0. The third-order valence-corrected chi connectivity index (χ3v) is 1.35. The maximum atomic E-state index is 10.5. The highest BCUT2D eigenvalue weighted by Crippen LogP contribution is 2.12. The van der Waals surface area contributed by atoms with Crippen molar-refractivity contribution in [2.75, 3.05) is 20.3 Å². The average Bonchev–Trinajstić information content (AvgIpc) is 1.84. The topological polar surface area (TPSA) is 38.3 Å². The standard InChI is InChI=1S/C8H17NO2/c1-7(10)9-5-8(2,3)6-11-4/h5-6H2,1-4H3,(H,9,10). The summed E-state index contributed by atoms with van der Waals surface area (Å²) in [6.07, 6.45) is 0. The second-order valence-corrected chi connectivity index (χ2v) is 3.51. The Morgan fingerprint density at radius 2 is 2.09 bits per heavy atom. The highest BCUT2D eigenvalue weighted by Gasteiger charge is 2.17. The fourth-order valence-corrected chi connectivity index (χ4v) is 0.806. The molecule has 0 saturated carbocycles. The van der Waals surface area contributed by atoms with Gasteiger partial charge in [0.05, 0.1) is 6.61 Å². The van der Waals surface area contributed by atoms with Crippen LogP contribution in [0, 0.1) is 5.41 Å². The summed E-state index contributed by atoms with van der Waals surface area (Å²) in [5, 5.41) is 2.75. The second-order valence-electron chi connectivity index (χ2n) is 3.51. The summed E-state index contributed by atoms with van der Waals surface area (Å²) in [7, 11) is 1.66. The van der Waals surface area contributed by atoms with Gasteiger partial charge >= 0.3 is 0 Å². The van der Waals surface area contributed by atoms with E-state index in [9.17, 15) is 4.79 Å². The lowest BCUT2D eigenvalue weighted by Gasteiger charge is -2.23. The summed E-state index contributed by atoms with van der Waals surface area (Å²) in [4.78, 5) is 10.5. The van der Waals surface area contributed by atoms with Crippen molar-refractivity contribution in [2.45, 2.75) is 20.8 Å². The van der Waals surface area contributed by atoms with Crippen molar-refractivity contribution in [3.05, 3.63) is 0 Å². The van der Waals surface area contributed by atoms with Crippen LogP contribution in [0.3, 0.4) is 0 Å². The molecule has 1 N–H and O–H groups in total. The molecule has 11 heavy (non-hydrogen) atoms. The second kappa shape index (κ2) is 4.34. The van der Waals surface area contributed by atoms with Crippen LogP contribution in [0.5, 0.6) is 0 Å². The first-order valence-corrected chi connectivity index (χ1v) is 3.71. The Bertz CT molecular complexity index is 132. The molecule has 0 bridgehead atoms. The molecule has 0 aliphatic carbocycles. The Labute approximate surface area is 68.1 Å². The van der Waals surface area contributed by atoms with Crippen molar-refractivity contribution < 1.29 is 9.53 Å². The summed E-state index contributed by atoms with van der Waals surface area (Å²) in [6.45, 7) is 6.94. The molecule has 0 atom stereocenters. The van der Waals surface area contributed by atoms with Crippen LogP contribution < -0.4 is 5.32 Å². The maximum absolute atomic E-state index is 10.5. The molecule has 0 heterocycles. The maximum Gasteiger partial charge on any atom is 0.216 e. The number of amides is 1. The molecule has 0 aromatic carbocycles. The number of rotatable bonds is 4. The van der Waals surface area contributed by atoms with Crippen molar-refractivity contribution in [3.63, 3.8) is 0 Å². The van der Waals surface area contributed by atoms with E-state index in [0.717, 1.165) is 0 Å². The Balaban J connectivity index is 3.63. The van der Waals surface area contributed by atoms with E-state index < -0.39 is 0 Å². The largest absolute Gasteiger partial charge is 0.384 e. The third-order valence-electron chi connectivity index (χ3n) is 1.35. The van der Waals surface area contributed by atoms with E-state index >= 15 is 0 Å². The zero-order chi connectivity index (χ0) is 8.91. The molecule has 0 aliphatic rings. The van der Waals surface area contributed by atoms with Gasteiger partial charge in [0.1, 0.15) is 0 Å². The molecule has 0 aromatic heterocycles. The highest BCUT2D eigenvalue weighted by molar-refractivity contribution is 5.72. The molecule has 0 radical (unpaired) electrons. The fraction of sp³-hybridized carbons (Fsp3) is 0.875. The summed E-state index contributed by atoms with van der Waals surface area (Å²) in [6, 6.07) is 0. The average molecular weight is 159 g/mol. The molecule has 3 heteroatoms. The van der Waals surface area contributed by atoms with Crippen LogP contribution in [0.25, 0.3) is 0 Å². The van der Waals surface area contributed by atoms with Crippen molar-refractivity contribution >= 4 is 5.91 Å². The van der Waals surface area contributed by atoms with Crippen LogP contribution in [-0.2, 0) is 9.53 Å². The number of ether oxygens (including phenoxy) is 1. The Morgan fingerprint density at radius 3 is 2.45 bits per heavy atom. The van der Waals surface area contributed by atoms with E-state index in [-0.39, 0.29) is 11.3 Å². The van der Waals surface area contributed by atoms with E-state index in [1.54, 1.807) is 7.11 Å². The van der Waals surface area contributed by atoms with Gasteiger partial charge in [0.2, 0.25) is 5.91 Å². The van der Waals surface area contributed by atoms with Gasteiger partial charge < -0.3 is 10.1 Å². The number of nitrogens with one attached hydrogen (secondary N) is 1. The van der Waals surface area contributed by atoms with Gasteiger partial charge in [0.15, 0.2) is 0 Å². The van der Waals surface area contributed by atoms with Crippen LogP contribution in [0.4, 0.5) is 0 Å². The fourth-order valence-electron chi connectivity index (χ4n) is 0.806. The van der Waals surface area contributed by atoms with Crippen molar-refractivity contribution in [1.82, 2.24) is 5.32 Å². The van der Waals surface area contributed by atoms with Crippen LogP contribution >= 0.6 is 0 Å². The minimum Gasteiger partial charge on any atom is -0.384 e. The smallest absolute Gasteiger partial charge is 0.216 e. The lowest BCUT2D eigenvalue weighted by Crippen LogP contribution is -2.35. The molecule has 0 aliphatic heterocycles. The number of carbonyl (C=O) groups excluding carboxylic acids is 1. The highest BCUT2D eigenvalue weighted by atomic mass is 16.5. The lowest BCUT2D eigenvalue weighted by molar-refractivity contribution is -0.119. The SMILES string of the molecule is COCC(C)(C)CNC(C)=O. The van der Waals surface area contributed by atoms with Gasteiger partial charge in [0, 0.05) is 26.0 Å². The minimum atomic E-state index is 0.00850. The van der Waals surface area contributed by atoms with E-state index in [1.807, 2.05) is 13.8 Å². The van der Waals surface area contributed by atoms with Crippen LogP contribution in [-0.4, -0.2) is 26.2 Å². The zero-order valence-corrected chi connectivity index (χ0v) is 7.73. The molecule has 0 unspecified atom stereocenters. The van der Waals surface area contributed by atoms with Crippen LogP contribution in [0.2, 0.25) is 0 Å². The Morgan fingerprint density at radius 1 is 1.55 bits per heavy atom. The van der Waals surface area contributed by atoms with Gasteiger partial charge in [-0.05, 0) is 0 Å². The van der Waals surface area contributed by atoms with Gasteiger partial charge in [-0.25, -0.2) is 0 Å². The predicted octanol–water partition coefficient (Wildman–Crippen LogP) is 0.795. The van der Waals surface area contributed by atoms with Gasteiger partial charge in [-0.15, -0.1) is 0 Å². The number of methoxy groups -OCH3 is 1. The lowest BCUT2D eigenvalue weighted by atomic mass is 9.95. The van der Waals surface area contributed by atoms with Gasteiger partial charge in [-0.3, -0.25) is 4.79 Å². The molecule has 0 rings (SSSR count). The Kier molecular flexibility index (Phi) is 4.11. The number of carbonyl (C=O) groups is 1. The van der Waals surface area contributed by atoms with Gasteiger partial charge in [-0.1, -0.05) is 13.8 Å². The monoisotopic (exact) mass is 159 g/mol. The third kappa shape index (κ3) is 5.85. The molecular formula is C8H17NO2. The van der Waals surface area contributed by atoms with E-state index in [0.29, 0.717) is 13.2 Å². The van der Waals surface area contributed by atoms with Crippen LogP contribution in [0.15, 0.2) is 0 Å². The first kappa shape index (κ1) is 10.4. The minimum absolute atomic E-state index is 0.00850.